The third-order valence-corrected chi connectivity index (χ3v) is 1.79. The van der Waals surface area contributed by atoms with E-state index in [2.05, 4.69) is 4.98 Å². The molecule has 0 saturated carbocycles. The van der Waals surface area contributed by atoms with Crippen LogP contribution in [0.5, 0.6) is 0 Å². The van der Waals surface area contributed by atoms with Crippen LogP contribution in [0.25, 0.3) is 5.47 Å². The van der Waals surface area contributed by atoms with Gasteiger partial charge >= 0.3 is 0 Å². The van der Waals surface area contributed by atoms with Gasteiger partial charge in [-0.15, -0.1) is 5.98 Å². The molecule has 2 rings (SSSR count). The van der Waals surface area contributed by atoms with E-state index >= 15 is 0 Å². The second kappa shape index (κ2) is 4.47. The quantitative estimate of drug-likeness (QED) is 0.623. The predicted molar refractivity (Wildman–Crippen MR) is 57.7 cm³/mol. The van der Waals surface area contributed by atoms with Gasteiger partial charge in [0.15, 0.2) is 7.28 Å². The molecule has 0 atom stereocenters. The second-order valence-corrected chi connectivity index (χ2v) is 2.78. The summed E-state index contributed by atoms with van der Waals surface area (Å²) in [5, 5.41) is 0. The molecule has 0 saturated heterocycles. The molecule has 0 fully saturated rings. The summed E-state index contributed by atoms with van der Waals surface area (Å²) in [5.41, 5.74) is 0.964. The highest BCUT2D eigenvalue weighted by molar-refractivity contribution is 6.65. The Labute approximate surface area is 83.6 Å². The van der Waals surface area contributed by atoms with Crippen LogP contribution in [0.2, 0.25) is 0 Å². The van der Waals surface area contributed by atoms with Crippen molar-refractivity contribution < 1.29 is 4.42 Å². The molecule has 0 spiro atoms. The van der Waals surface area contributed by atoms with Crippen molar-refractivity contribution in [2.24, 2.45) is 0 Å². The number of allylic oxidation sites excluding steroid dienone is 6. The van der Waals surface area contributed by atoms with E-state index in [1.165, 1.54) is 0 Å². The Morgan fingerprint density at radius 2 is 1.93 bits per heavy atom. The highest BCUT2D eigenvalue weighted by Gasteiger charge is 2.04. The number of nitrogens with zero attached hydrogens (tertiary/aromatic N) is 1. The maximum Gasteiger partial charge on any atom is 0.212 e. The van der Waals surface area contributed by atoms with Gasteiger partial charge in [0.25, 0.3) is 0 Å². The fourth-order valence-electron chi connectivity index (χ4n) is 1.14. The molecular formula is C11H9BNO. The summed E-state index contributed by atoms with van der Waals surface area (Å²) in [4.78, 5) is 4.09. The minimum absolute atomic E-state index is 0.640. The summed E-state index contributed by atoms with van der Waals surface area (Å²) in [7, 11) is 1.96. The third kappa shape index (κ3) is 2.13. The number of hydrogen-bond donors (Lipinski definition) is 0. The molecule has 0 unspecified atom stereocenters. The van der Waals surface area contributed by atoms with Crippen LogP contribution in [-0.4, -0.2) is 12.3 Å². The molecular weight excluding hydrogens is 173 g/mol. The van der Waals surface area contributed by atoms with Crippen molar-refractivity contribution >= 4 is 12.8 Å². The Hall–Kier alpha value is -1.77. The lowest BCUT2D eigenvalue weighted by Crippen LogP contribution is -1.92. The van der Waals surface area contributed by atoms with E-state index in [1.807, 2.05) is 49.7 Å². The molecule has 1 radical (unpaired) electrons. The van der Waals surface area contributed by atoms with Gasteiger partial charge < -0.3 is 4.42 Å². The van der Waals surface area contributed by atoms with Crippen LogP contribution in [-0.2, 0) is 0 Å². The summed E-state index contributed by atoms with van der Waals surface area (Å²) in [6.45, 7) is 0. The van der Waals surface area contributed by atoms with Gasteiger partial charge in [-0.3, -0.25) is 0 Å². The smallest absolute Gasteiger partial charge is 0.212 e. The predicted octanol–water partition coefficient (Wildman–Crippen LogP) is 2.36. The summed E-state index contributed by atoms with van der Waals surface area (Å²) >= 11 is 0. The fraction of sp³-hybridized carbons (Fsp3) is 0. The largest absolute Gasteiger partial charge is 0.446 e. The SMILES string of the molecule is [B]1C=CC=CC=CC=C1c1ncco1. The van der Waals surface area contributed by atoms with E-state index in [0.29, 0.717) is 5.89 Å². The number of aromatic nitrogens is 1. The molecule has 1 aliphatic rings. The Bertz CT molecular complexity index is 399. The van der Waals surface area contributed by atoms with Gasteiger partial charge in [-0.1, -0.05) is 36.5 Å². The van der Waals surface area contributed by atoms with Crippen LogP contribution < -0.4 is 0 Å². The van der Waals surface area contributed by atoms with E-state index < -0.39 is 0 Å². The maximum atomic E-state index is 5.21. The Kier molecular flexibility index (Phi) is 2.81. The molecule has 14 heavy (non-hydrogen) atoms. The Balaban J connectivity index is 2.26. The topological polar surface area (TPSA) is 26.0 Å². The number of hydrogen-bond acceptors (Lipinski definition) is 2. The van der Waals surface area contributed by atoms with Crippen LogP contribution in [0, 0.1) is 0 Å². The van der Waals surface area contributed by atoms with Crippen molar-refractivity contribution in [2.75, 3.05) is 0 Å². The van der Waals surface area contributed by atoms with Crippen LogP contribution in [0.4, 0.5) is 0 Å². The van der Waals surface area contributed by atoms with Crippen molar-refractivity contribution in [1.29, 1.82) is 0 Å². The lowest BCUT2D eigenvalue weighted by molar-refractivity contribution is 0.545. The third-order valence-electron chi connectivity index (χ3n) is 1.79. The molecule has 0 amide bonds. The Morgan fingerprint density at radius 1 is 1.07 bits per heavy atom. The average molecular weight is 182 g/mol. The maximum absolute atomic E-state index is 5.21. The van der Waals surface area contributed by atoms with Crippen LogP contribution in [0.3, 0.4) is 0 Å². The van der Waals surface area contributed by atoms with Crippen LogP contribution in [0.1, 0.15) is 5.89 Å². The van der Waals surface area contributed by atoms with Crippen LogP contribution >= 0.6 is 0 Å². The number of oxazole rings is 1. The van der Waals surface area contributed by atoms with Crippen molar-refractivity contribution in [3.05, 3.63) is 60.8 Å². The first kappa shape index (κ1) is 8.82. The van der Waals surface area contributed by atoms with Gasteiger partial charge in [0.05, 0.1) is 6.20 Å². The van der Waals surface area contributed by atoms with E-state index in [-0.39, 0.29) is 0 Å². The van der Waals surface area contributed by atoms with E-state index in [9.17, 15) is 0 Å². The Morgan fingerprint density at radius 3 is 2.79 bits per heavy atom. The molecule has 0 N–H and O–H groups in total. The van der Waals surface area contributed by atoms with Gasteiger partial charge in [-0.25, -0.2) is 4.98 Å². The van der Waals surface area contributed by atoms with Gasteiger partial charge in [0.1, 0.15) is 6.26 Å². The standard InChI is InChI=1S/C11H9BNO/c1-2-4-6-10(12-7-5-3-1)11-13-8-9-14-11/h1-9H. The fourth-order valence-corrected chi connectivity index (χ4v) is 1.14. The first-order valence-corrected chi connectivity index (χ1v) is 4.42. The molecule has 3 heteroatoms. The molecule has 1 aliphatic heterocycles. The summed E-state index contributed by atoms with van der Waals surface area (Å²) in [6, 6.07) is 0. The summed E-state index contributed by atoms with van der Waals surface area (Å²) in [6.07, 6.45) is 15.0. The van der Waals surface area contributed by atoms with Crippen LogP contribution in [0.15, 0.2) is 59.3 Å². The molecule has 0 bridgehead atoms. The lowest BCUT2D eigenvalue weighted by Gasteiger charge is -1.95. The van der Waals surface area contributed by atoms with Gasteiger partial charge in [-0.2, -0.15) is 0 Å². The van der Waals surface area contributed by atoms with E-state index in [0.717, 1.165) is 5.47 Å². The molecule has 1 aromatic heterocycles. The molecule has 2 heterocycles. The molecule has 67 valence electrons. The molecule has 2 nitrogen and oxygen atoms in total. The first-order chi connectivity index (χ1) is 6.97. The monoisotopic (exact) mass is 182 g/mol. The first-order valence-electron chi connectivity index (χ1n) is 4.42. The molecule has 0 aromatic carbocycles. The van der Waals surface area contributed by atoms with E-state index in [1.54, 1.807) is 12.5 Å². The highest BCUT2D eigenvalue weighted by Crippen LogP contribution is 2.11. The van der Waals surface area contributed by atoms with Crippen molar-refractivity contribution in [3.63, 3.8) is 0 Å². The normalized spacial score (nSPS) is 15.3. The van der Waals surface area contributed by atoms with E-state index in [4.69, 9.17) is 4.42 Å². The summed E-state index contributed by atoms with van der Waals surface area (Å²) in [5.74, 6) is 2.60. The number of rotatable bonds is 1. The highest BCUT2D eigenvalue weighted by atomic mass is 16.3. The minimum Gasteiger partial charge on any atom is -0.446 e. The second-order valence-electron chi connectivity index (χ2n) is 2.78. The van der Waals surface area contributed by atoms with Crippen molar-refractivity contribution in [2.45, 2.75) is 0 Å². The zero-order valence-electron chi connectivity index (χ0n) is 7.63. The van der Waals surface area contributed by atoms with Gasteiger partial charge in [0, 0.05) is 0 Å². The van der Waals surface area contributed by atoms with Crippen molar-refractivity contribution in [1.82, 2.24) is 4.98 Å². The zero-order valence-corrected chi connectivity index (χ0v) is 7.63. The molecule has 1 aromatic rings. The van der Waals surface area contributed by atoms with Gasteiger partial charge in [-0.05, 0) is 5.47 Å². The zero-order chi connectivity index (χ0) is 9.64. The average Bonchev–Trinajstić information content (AvgIpc) is 2.75. The van der Waals surface area contributed by atoms with Gasteiger partial charge in [0.2, 0.25) is 5.89 Å². The van der Waals surface area contributed by atoms with Crippen molar-refractivity contribution in [3.8, 4) is 0 Å². The lowest BCUT2D eigenvalue weighted by atomic mass is 9.69. The minimum atomic E-state index is 0.640. The molecule has 0 aliphatic carbocycles. The summed E-state index contributed by atoms with van der Waals surface area (Å²) < 4.78 is 5.21.